The monoisotopic (exact) mass is 258 g/mol. The molecule has 0 radical (unpaired) electrons. The lowest BCUT2D eigenvalue weighted by Gasteiger charge is -2.23. The van der Waals surface area contributed by atoms with Gasteiger partial charge in [0.25, 0.3) is 0 Å². The predicted molar refractivity (Wildman–Crippen MR) is 74.9 cm³/mol. The maximum Gasteiger partial charge on any atom is 0.164 e. The van der Waals surface area contributed by atoms with Crippen molar-refractivity contribution < 1.29 is 14.3 Å². The van der Waals surface area contributed by atoms with Gasteiger partial charge in [-0.25, -0.2) is 0 Å². The Labute approximate surface area is 112 Å². The quantitative estimate of drug-likeness (QED) is 0.560. The molecule has 0 aliphatic heterocycles. The van der Waals surface area contributed by atoms with Crippen molar-refractivity contribution in [1.82, 2.24) is 0 Å². The maximum absolute atomic E-state index is 11.8. The summed E-state index contributed by atoms with van der Waals surface area (Å²) in [4.78, 5) is 11.8. The SMILES string of the molecule is CCC(C)(C)OCCCCCC(=O)C(C)(C)OC. The number of hydrogen-bond acceptors (Lipinski definition) is 3. The number of hydrogen-bond donors (Lipinski definition) is 0. The topological polar surface area (TPSA) is 35.5 Å². The molecule has 0 saturated heterocycles. The fraction of sp³-hybridized carbons (Fsp3) is 0.933. The zero-order chi connectivity index (χ0) is 14.2. The molecular formula is C15H30O3. The minimum absolute atomic E-state index is 0.0200. The van der Waals surface area contributed by atoms with Crippen molar-refractivity contribution in [3.8, 4) is 0 Å². The molecule has 3 nitrogen and oxygen atoms in total. The fourth-order valence-electron chi connectivity index (χ4n) is 1.43. The molecule has 0 atom stereocenters. The Bertz CT molecular complexity index is 244. The Morgan fingerprint density at radius 3 is 2.17 bits per heavy atom. The van der Waals surface area contributed by atoms with Gasteiger partial charge in [0.2, 0.25) is 0 Å². The van der Waals surface area contributed by atoms with Crippen LogP contribution in [0.4, 0.5) is 0 Å². The van der Waals surface area contributed by atoms with Crippen molar-refractivity contribution in [3.05, 3.63) is 0 Å². The Kier molecular flexibility index (Phi) is 7.72. The number of carbonyl (C=O) groups is 1. The fourth-order valence-corrected chi connectivity index (χ4v) is 1.43. The highest BCUT2D eigenvalue weighted by Gasteiger charge is 2.25. The Balaban J connectivity index is 3.61. The van der Waals surface area contributed by atoms with Crippen LogP contribution >= 0.6 is 0 Å². The van der Waals surface area contributed by atoms with Crippen LogP contribution in [-0.2, 0) is 14.3 Å². The van der Waals surface area contributed by atoms with Crippen LogP contribution in [0.15, 0.2) is 0 Å². The molecule has 0 rings (SSSR count). The van der Waals surface area contributed by atoms with E-state index in [-0.39, 0.29) is 11.4 Å². The molecule has 0 aliphatic carbocycles. The van der Waals surface area contributed by atoms with Crippen LogP contribution in [0.3, 0.4) is 0 Å². The molecule has 0 saturated carbocycles. The first-order chi connectivity index (χ1) is 8.25. The summed E-state index contributed by atoms with van der Waals surface area (Å²) < 4.78 is 10.9. The molecule has 0 aromatic rings. The third-order valence-corrected chi connectivity index (χ3v) is 3.57. The first-order valence-corrected chi connectivity index (χ1v) is 6.97. The van der Waals surface area contributed by atoms with Crippen molar-refractivity contribution in [3.63, 3.8) is 0 Å². The van der Waals surface area contributed by atoms with Gasteiger partial charge in [0.15, 0.2) is 5.78 Å². The highest BCUT2D eigenvalue weighted by atomic mass is 16.5. The first-order valence-electron chi connectivity index (χ1n) is 6.97. The van der Waals surface area contributed by atoms with Crippen LogP contribution in [0.25, 0.3) is 0 Å². The standard InChI is InChI=1S/C15H30O3/c1-7-14(2,3)18-12-10-8-9-11-13(16)15(4,5)17-6/h7-12H2,1-6H3. The number of methoxy groups -OCH3 is 1. The summed E-state index contributed by atoms with van der Waals surface area (Å²) in [6.07, 6.45) is 4.59. The first kappa shape index (κ1) is 17.6. The number of carbonyl (C=O) groups excluding carboxylic acids is 1. The van der Waals surface area contributed by atoms with E-state index in [1.807, 2.05) is 13.8 Å². The van der Waals surface area contributed by atoms with Gasteiger partial charge in [-0.3, -0.25) is 4.79 Å². The van der Waals surface area contributed by atoms with Gasteiger partial charge in [0.05, 0.1) is 5.60 Å². The molecular weight excluding hydrogens is 228 g/mol. The van der Waals surface area contributed by atoms with E-state index in [1.54, 1.807) is 7.11 Å². The molecule has 0 aromatic carbocycles. The largest absolute Gasteiger partial charge is 0.376 e. The number of ketones is 1. The highest BCUT2D eigenvalue weighted by molar-refractivity contribution is 5.86. The minimum atomic E-state index is -0.638. The van der Waals surface area contributed by atoms with Crippen molar-refractivity contribution in [2.24, 2.45) is 0 Å². The van der Waals surface area contributed by atoms with Crippen LogP contribution in [0.2, 0.25) is 0 Å². The van der Waals surface area contributed by atoms with Gasteiger partial charge < -0.3 is 9.47 Å². The third kappa shape index (κ3) is 7.12. The van der Waals surface area contributed by atoms with Crippen LogP contribution in [0.1, 0.15) is 66.7 Å². The van der Waals surface area contributed by atoms with Crippen molar-refractivity contribution in [2.45, 2.75) is 77.9 Å². The molecule has 0 fully saturated rings. The van der Waals surface area contributed by atoms with Crippen LogP contribution in [-0.4, -0.2) is 30.7 Å². The summed E-state index contributed by atoms with van der Waals surface area (Å²) in [5.41, 5.74) is -0.658. The molecule has 0 heterocycles. The van der Waals surface area contributed by atoms with Gasteiger partial charge in [-0.05, 0) is 47.0 Å². The lowest BCUT2D eigenvalue weighted by atomic mass is 9.98. The smallest absolute Gasteiger partial charge is 0.164 e. The minimum Gasteiger partial charge on any atom is -0.376 e. The van der Waals surface area contributed by atoms with Gasteiger partial charge in [0, 0.05) is 20.1 Å². The lowest BCUT2D eigenvalue weighted by Crippen LogP contribution is -2.33. The molecule has 0 bridgehead atoms. The Morgan fingerprint density at radius 1 is 1.06 bits per heavy atom. The predicted octanol–water partition coefficient (Wildman–Crippen LogP) is 3.75. The summed E-state index contributed by atoms with van der Waals surface area (Å²) in [6, 6.07) is 0. The van der Waals surface area contributed by atoms with Crippen molar-refractivity contribution in [2.75, 3.05) is 13.7 Å². The normalized spacial score (nSPS) is 12.8. The van der Waals surface area contributed by atoms with E-state index in [4.69, 9.17) is 9.47 Å². The number of ether oxygens (including phenoxy) is 2. The summed E-state index contributed by atoms with van der Waals surface area (Å²) in [5, 5.41) is 0. The summed E-state index contributed by atoms with van der Waals surface area (Å²) in [6.45, 7) is 10.8. The van der Waals surface area contributed by atoms with E-state index in [9.17, 15) is 4.79 Å². The summed E-state index contributed by atoms with van der Waals surface area (Å²) in [5.74, 6) is 0.180. The molecule has 0 spiro atoms. The van der Waals surface area contributed by atoms with E-state index in [2.05, 4.69) is 20.8 Å². The molecule has 108 valence electrons. The van der Waals surface area contributed by atoms with E-state index in [1.165, 1.54) is 0 Å². The Hall–Kier alpha value is -0.410. The maximum atomic E-state index is 11.8. The van der Waals surface area contributed by atoms with Gasteiger partial charge in [-0.1, -0.05) is 13.3 Å². The molecule has 0 aromatic heterocycles. The van der Waals surface area contributed by atoms with Gasteiger partial charge >= 0.3 is 0 Å². The van der Waals surface area contributed by atoms with Crippen molar-refractivity contribution >= 4 is 5.78 Å². The second kappa shape index (κ2) is 7.90. The molecule has 0 amide bonds. The summed E-state index contributed by atoms with van der Waals surface area (Å²) in [7, 11) is 1.58. The van der Waals surface area contributed by atoms with Crippen LogP contribution in [0, 0.1) is 0 Å². The molecule has 18 heavy (non-hydrogen) atoms. The molecule has 0 aliphatic rings. The number of unbranched alkanes of at least 4 members (excludes halogenated alkanes) is 2. The average molecular weight is 258 g/mol. The number of Topliss-reactive ketones (excluding diaryl/α,β-unsaturated/α-hetero) is 1. The average Bonchev–Trinajstić information content (AvgIpc) is 2.33. The third-order valence-electron chi connectivity index (χ3n) is 3.57. The zero-order valence-electron chi connectivity index (χ0n) is 13.0. The molecule has 0 N–H and O–H groups in total. The second-order valence-corrected chi connectivity index (χ2v) is 5.91. The van der Waals surface area contributed by atoms with Crippen molar-refractivity contribution in [1.29, 1.82) is 0 Å². The van der Waals surface area contributed by atoms with Gasteiger partial charge in [-0.15, -0.1) is 0 Å². The summed E-state index contributed by atoms with van der Waals surface area (Å²) >= 11 is 0. The second-order valence-electron chi connectivity index (χ2n) is 5.91. The van der Waals surface area contributed by atoms with E-state index in [0.29, 0.717) is 6.42 Å². The van der Waals surface area contributed by atoms with Gasteiger partial charge in [-0.2, -0.15) is 0 Å². The van der Waals surface area contributed by atoms with E-state index < -0.39 is 5.60 Å². The molecule has 3 heteroatoms. The highest BCUT2D eigenvalue weighted by Crippen LogP contribution is 2.16. The van der Waals surface area contributed by atoms with E-state index in [0.717, 1.165) is 32.3 Å². The van der Waals surface area contributed by atoms with Gasteiger partial charge in [0.1, 0.15) is 5.60 Å². The Morgan fingerprint density at radius 2 is 1.67 bits per heavy atom. The zero-order valence-corrected chi connectivity index (χ0v) is 13.0. The van der Waals surface area contributed by atoms with E-state index >= 15 is 0 Å². The van der Waals surface area contributed by atoms with Crippen LogP contribution < -0.4 is 0 Å². The number of rotatable bonds is 10. The molecule has 0 unspecified atom stereocenters. The van der Waals surface area contributed by atoms with Crippen LogP contribution in [0.5, 0.6) is 0 Å². The lowest BCUT2D eigenvalue weighted by molar-refractivity contribution is -0.137.